The zero-order valence-electron chi connectivity index (χ0n) is 15.3. The maximum absolute atomic E-state index is 12.0. The predicted molar refractivity (Wildman–Crippen MR) is 91.1 cm³/mol. The van der Waals surface area contributed by atoms with Crippen LogP contribution in [-0.2, 0) is 14.0 Å². The maximum atomic E-state index is 12.0. The number of hydrogen-bond donors (Lipinski definition) is 0. The second kappa shape index (κ2) is 8.91. The molecule has 0 heterocycles. The molecule has 0 fully saturated rings. The van der Waals surface area contributed by atoms with Crippen LogP contribution < -0.4 is 0 Å². The number of amides is 1. The summed E-state index contributed by atoms with van der Waals surface area (Å²) in [4.78, 5) is 13.7. The van der Waals surface area contributed by atoms with E-state index < -0.39 is 8.32 Å². The molecule has 4 nitrogen and oxygen atoms in total. The predicted octanol–water partition coefficient (Wildman–Crippen LogP) is 3.67. The zero-order chi connectivity index (χ0) is 16.7. The van der Waals surface area contributed by atoms with Crippen molar-refractivity contribution in [3.05, 3.63) is 0 Å². The van der Waals surface area contributed by atoms with Crippen molar-refractivity contribution in [2.45, 2.75) is 72.2 Å². The number of carbonyl (C=O) groups is 1. The summed E-state index contributed by atoms with van der Waals surface area (Å²) in [5, 5.41) is 0.197. The number of rotatable bonds is 9. The van der Waals surface area contributed by atoms with Gasteiger partial charge in [-0.3, -0.25) is 4.79 Å². The smallest absolute Gasteiger partial charge is 0.248 e. The van der Waals surface area contributed by atoms with Crippen LogP contribution in [0.4, 0.5) is 0 Å². The van der Waals surface area contributed by atoms with Crippen molar-refractivity contribution in [3.8, 4) is 0 Å². The highest BCUT2D eigenvalue weighted by atomic mass is 28.4. The fourth-order valence-corrected chi connectivity index (χ4v) is 2.69. The molecule has 0 saturated heterocycles. The first kappa shape index (κ1) is 20.6. The molecule has 0 aliphatic carbocycles. The van der Waals surface area contributed by atoms with E-state index in [0.29, 0.717) is 6.61 Å². The Labute approximate surface area is 132 Å². The highest BCUT2D eigenvalue weighted by Gasteiger charge is 2.37. The van der Waals surface area contributed by atoms with E-state index in [1.807, 2.05) is 13.8 Å². The van der Waals surface area contributed by atoms with Gasteiger partial charge in [0.1, 0.15) is 6.61 Å². The molecule has 0 spiro atoms. The van der Waals surface area contributed by atoms with E-state index in [1.54, 1.807) is 4.90 Å². The van der Waals surface area contributed by atoms with E-state index in [0.717, 1.165) is 19.5 Å². The van der Waals surface area contributed by atoms with Gasteiger partial charge in [0.05, 0.1) is 12.7 Å². The molecule has 0 bridgehead atoms. The topological polar surface area (TPSA) is 38.8 Å². The van der Waals surface area contributed by atoms with Gasteiger partial charge in [-0.05, 0) is 38.4 Å². The molecule has 1 amide bonds. The normalized spacial score (nSPS) is 14.1. The number of hydrogen-bond acceptors (Lipinski definition) is 3. The Balaban J connectivity index is 4.33. The van der Waals surface area contributed by atoms with Gasteiger partial charge >= 0.3 is 0 Å². The van der Waals surface area contributed by atoms with E-state index in [4.69, 9.17) is 9.16 Å². The first-order valence-electron chi connectivity index (χ1n) is 8.12. The van der Waals surface area contributed by atoms with Crippen molar-refractivity contribution < 1.29 is 14.0 Å². The quantitative estimate of drug-likeness (QED) is 0.609. The Morgan fingerprint density at radius 2 is 1.67 bits per heavy atom. The molecule has 0 saturated carbocycles. The molecular weight excluding hydrogens is 282 g/mol. The lowest BCUT2D eigenvalue weighted by Crippen LogP contribution is -2.43. The number of nitrogens with zero attached hydrogens (tertiary/aromatic N) is 1. The Kier molecular flexibility index (Phi) is 8.74. The van der Waals surface area contributed by atoms with E-state index in [1.165, 1.54) is 0 Å². The highest BCUT2D eigenvalue weighted by molar-refractivity contribution is 6.74. The van der Waals surface area contributed by atoms with Crippen molar-refractivity contribution in [1.29, 1.82) is 0 Å². The van der Waals surface area contributed by atoms with Crippen LogP contribution >= 0.6 is 0 Å². The number of carbonyl (C=O) groups excluding carboxylic acids is 1. The minimum absolute atomic E-state index is 0.00126. The van der Waals surface area contributed by atoms with Crippen molar-refractivity contribution in [3.63, 3.8) is 0 Å². The van der Waals surface area contributed by atoms with Crippen LogP contribution in [0.2, 0.25) is 18.1 Å². The molecule has 0 aliphatic rings. The molecule has 126 valence electrons. The summed E-state index contributed by atoms with van der Waals surface area (Å²) >= 11 is 0. The molecular formula is C16H35NO3Si. The van der Waals surface area contributed by atoms with Crippen molar-refractivity contribution in [1.82, 2.24) is 4.90 Å². The van der Waals surface area contributed by atoms with Gasteiger partial charge in [-0.25, -0.2) is 0 Å². The second-order valence-electron chi connectivity index (χ2n) is 6.98. The second-order valence-corrected chi connectivity index (χ2v) is 11.8. The molecule has 0 unspecified atom stereocenters. The van der Waals surface area contributed by atoms with E-state index in [2.05, 4.69) is 40.8 Å². The molecule has 0 aromatic carbocycles. The third kappa shape index (κ3) is 6.93. The van der Waals surface area contributed by atoms with Crippen LogP contribution in [0.25, 0.3) is 0 Å². The number of ether oxygens (including phenoxy) is 1. The number of likely N-dealkylation sites (N-methyl/N-ethyl adjacent to an activating group) is 1. The summed E-state index contributed by atoms with van der Waals surface area (Å²) in [5.41, 5.74) is 0. The summed E-state index contributed by atoms with van der Waals surface area (Å²) in [6.07, 6.45) is 0.860. The summed E-state index contributed by atoms with van der Waals surface area (Å²) in [6, 6.07) is 0. The minimum Gasteiger partial charge on any atom is -0.414 e. The van der Waals surface area contributed by atoms with Crippen LogP contribution in [0.5, 0.6) is 0 Å². The Hall–Kier alpha value is -0.393. The van der Waals surface area contributed by atoms with Crippen molar-refractivity contribution >= 4 is 14.2 Å². The molecule has 0 radical (unpaired) electrons. The molecule has 21 heavy (non-hydrogen) atoms. The van der Waals surface area contributed by atoms with E-state index in [-0.39, 0.29) is 23.7 Å². The van der Waals surface area contributed by atoms with Gasteiger partial charge in [0, 0.05) is 13.1 Å². The van der Waals surface area contributed by atoms with Crippen LogP contribution in [0.15, 0.2) is 0 Å². The van der Waals surface area contributed by atoms with Crippen LogP contribution in [0.1, 0.15) is 48.0 Å². The van der Waals surface area contributed by atoms with Gasteiger partial charge in [-0.1, -0.05) is 27.7 Å². The van der Waals surface area contributed by atoms with E-state index >= 15 is 0 Å². The summed E-state index contributed by atoms with van der Waals surface area (Å²) in [7, 11) is -1.75. The highest BCUT2D eigenvalue weighted by Crippen LogP contribution is 2.36. The third-order valence-corrected chi connectivity index (χ3v) is 8.95. The lowest BCUT2D eigenvalue weighted by atomic mass is 10.2. The Bertz CT molecular complexity index is 309. The van der Waals surface area contributed by atoms with Crippen LogP contribution in [-0.4, -0.2) is 51.5 Å². The van der Waals surface area contributed by atoms with Crippen LogP contribution in [0, 0.1) is 0 Å². The van der Waals surface area contributed by atoms with E-state index in [9.17, 15) is 4.79 Å². The summed E-state index contributed by atoms with van der Waals surface area (Å²) in [5.74, 6) is 0.0609. The average molecular weight is 318 g/mol. The van der Waals surface area contributed by atoms with Crippen LogP contribution in [0.3, 0.4) is 0 Å². The van der Waals surface area contributed by atoms with Gasteiger partial charge in [0.15, 0.2) is 8.32 Å². The lowest BCUT2D eigenvalue weighted by molar-refractivity contribution is -0.138. The van der Waals surface area contributed by atoms with Gasteiger partial charge in [-0.2, -0.15) is 0 Å². The van der Waals surface area contributed by atoms with Crippen molar-refractivity contribution in [2.24, 2.45) is 0 Å². The monoisotopic (exact) mass is 317 g/mol. The zero-order valence-corrected chi connectivity index (χ0v) is 16.3. The molecule has 0 aromatic rings. The molecule has 5 heteroatoms. The van der Waals surface area contributed by atoms with Crippen molar-refractivity contribution in [2.75, 3.05) is 26.3 Å². The fraction of sp³-hybridized carbons (Fsp3) is 0.938. The molecule has 0 aromatic heterocycles. The summed E-state index contributed by atoms with van der Waals surface area (Å²) in [6.45, 7) is 19.4. The standard InChI is InChI=1S/C16H35NO3Si/c1-9-14(12-20-21(7,8)16(4,5)6)19-13-15(18)17(10-2)11-3/h14H,9-13H2,1-8H3/t14-/m1/s1. The van der Waals surface area contributed by atoms with Gasteiger partial charge < -0.3 is 14.1 Å². The Morgan fingerprint density at radius 1 is 1.14 bits per heavy atom. The van der Waals surface area contributed by atoms with Gasteiger partial charge in [0.25, 0.3) is 0 Å². The molecule has 0 N–H and O–H groups in total. The largest absolute Gasteiger partial charge is 0.414 e. The maximum Gasteiger partial charge on any atom is 0.248 e. The van der Waals surface area contributed by atoms with Gasteiger partial charge in [-0.15, -0.1) is 0 Å². The SMILES string of the molecule is CC[C@H](CO[Si](C)(C)C(C)(C)C)OCC(=O)N(CC)CC. The summed E-state index contributed by atoms with van der Waals surface area (Å²) < 4.78 is 11.9. The molecule has 0 rings (SSSR count). The lowest BCUT2D eigenvalue weighted by Gasteiger charge is -2.37. The third-order valence-electron chi connectivity index (χ3n) is 4.45. The first-order valence-corrected chi connectivity index (χ1v) is 11.0. The fourth-order valence-electron chi connectivity index (χ4n) is 1.66. The molecule has 0 aliphatic heterocycles. The van der Waals surface area contributed by atoms with Gasteiger partial charge in [0.2, 0.25) is 5.91 Å². The minimum atomic E-state index is -1.75. The molecule has 1 atom stereocenters. The average Bonchev–Trinajstić information content (AvgIpc) is 2.39. The first-order chi connectivity index (χ1) is 9.59. The Morgan fingerprint density at radius 3 is 2.05 bits per heavy atom.